The highest BCUT2D eigenvalue weighted by molar-refractivity contribution is 7.39. The number of hydrogen-bond donors (Lipinski definition) is 0. The molecule has 27 heavy (non-hydrogen) atoms. The fourth-order valence-corrected chi connectivity index (χ4v) is 3.19. The molecule has 0 radical (unpaired) electrons. The lowest BCUT2D eigenvalue weighted by atomic mass is 9.80. The van der Waals surface area contributed by atoms with E-state index in [0.29, 0.717) is 12.1 Å². The molecule has 0 spiro atoms. The average molecular weight is 431 g/mol. The number of hydrogen-bond acceptors (Lipinski definition) is 3. The van der Waals surface area contributed by atoms with Crippen molar-refractivity contribution in [2.75, 3.05) is 0 Å². The first kappa shape index (κ1) is 23.9. The molecule has 3 nitrogen and oxygen atoms in total. The second kappa shape index (κ2) is 8.10. The second-order valence-electron chi connectivity index (χ2n) is 5.59. The first-order valence-electron chi connectivity index (χ1n) is 7.12. The van der Waals surface area contributed by atoms with Crippen LogP contribution in [0.1, 0.15) is 25.3 Å². The van der Waals surface area contributed by atoms with Gasteiger partial charge in [0.25, 0.3) is 5.60 Å². The molecule has 0 N–H and O–H groups in total. The van der Waals surface area contributed by atoms with Crippen molar-refractivity contribution >= 4 is 8.60 Å². The van der Waals surface area contributed by atoms with E-state index >= 15 is 0 Å². The van der Waals surface area contributed by atoms with Crippen molar-refractivity contribution in [1.29, 1.82) is 0 Å². The molecule has 1 aromatic carbocycles. The van der Waals surface area contributed by atoms with Gasteiger partial charge in [-0.15, -0.1) is 0 Å². The third kappa shape index (κ3) is 5.24. The molecule has 1 rings (SSSR count). The highest BCUT2D eigenvalue weighted by Gasteiger charge is 2.81. The molecule has 0 amide bonds. The largest absolute Gasteiger partial charge is 0.786 e. The summed E-state index contributed by atoms with van der Waals surface area (Å²) in [5.41, 5.74) is -7.21. The highest BCUT2D eigenvalue weighted by atomic mass is 31.2. The van der Waals surface area contributed by atoms with Crippen molar-refractivity contribution in [3.05, 3.63) is 35.9 Å². The minimum atomic E-state index is -6.63. The van der Waals surface area contributed by atoms with E-state index in [1.54, 1.807) is 0 Å². The lowest BCUT2D eigenvalue weighted by Gasteiger charge is -2.46. The summed E-state index contributed by atoms with van der Waals surface area (Å²) in [6.45, 7) is 2.19. The molecule has 0 aliphatic heterocycles. The molecule has 1 aromatic rings. The van der Waals surface area contributed by atoms with E-state index in [0.717, 1.165) is 32.0 Å². The van der Waals surface area contributed by atoms with Gasteiger partial charge in [-0.25, -0.2) is 0 Å². The van der Waals surface area contributed by atoms with Gasteiger partial charge in [-0.05, 0) is 19.4 Å². The van der Waals surface area contributed by atoms with Crippen molar-refractivity contribution in [3.8, 4) is 0 Å². The van der Waals surface area contributed by atoms with E-state index in [1.807, 2.05) is 0 Å². The topological polar surface area (TPSA) is 41.5 Å². The molecule has 0 saturated heterocycles. The van der Waals surface area contributed by atoms with Crippen molar-refractivity contribution in [1.82, 2.24) is 0 Å². The van der Waals surface area contributed by atoms with Gasteiger partial charge in [0.05, 0.1) is 14.7 Å². The minimum absolute atomic E-state index is 0.435. The van der Waals surface area contributed by atoms with Crippen molar-refractivity contribution in [3.63, 3.8) is 0 Å². The van der Waals surface area contributed by atoms with Gasteiger partial charge in [0.15, 0.2) is 0 Å². The Morgan fingerprint density at radius 3 is 1.63 bits per heavy atom. The van der Waals surface area contributed by atoms with E-state index < -0.39 is 50.3 Å². The first-order valence-corrected chi connectivity index (χ1v) is 8.22. The van der Waals surface area contributed by atoms with E-state index in [4.69, 9.17) is 0 Å². The molecule has 156 valence electrons. The maximum Gasteiger partial charge on any atom is 0.427 e. The molecule has 0 saturated carbocycles. The molecule has 0 aliphatic rings. The van der Waals surface area contributed by atoms with Gasteiger partial charge in [0.2, 0.25) is 0 Å². The molecule has 0 aliphatic carbocycles. The lowest BCUT2D eigenvalue weighted by Crippen LogP contribution is -2.65. The van der Waals surface area contributed by atoms with Crippen LogP contribution in [0.15, 0.2) is 30.3 Å². The zero-order valence-corrected chi connectivity index (χ0v) is 14.5. The Bertz CT molecular complexity index is 585. The van der Waals surface area contributed by atoms with Crippen LogP contribution in [0.3, 0.4) is 0 Å². The fourth-order valence-electron chi connectivity index (χ4n) is 2.26. The fraction of sp³-hybridized carbons (Fsp3) is 0.571. The number of halogens is 9. The molecule has 2 unspecified atom stereocenters. The maximum absolute atomic E-state index is 13.5. The predicted octanol–water partition coefficient (Wildman–Crippen LogP) is 5.22. The summed E-state index contributed by atoms with van der Waals surface area (Å²) < 4.78 is 129. The summed E-state index contributed by atoms with van der Waals surface area (Å²) in [4.78, 5) is 11.6. The Balaban J connectivity index is 3.76. The Labute approximate surface area is 149 Å². The summed E-state index contributed by atoms with van der Waals surface area (Å²) in [5.74, 6) is -4.24. The monoisotopic (exact) mass is 431 g/mol. The smallest absolute Gasteiger partial charge is 0.427 e. The highest BCUT2D eigenvalue weighted by Crippen LogP contribution is 2.61. The Kier molecular flexibility index (Phi) is 7.18. The van der Waals surface area contributed by atoms with Crippen LogP contribution in [-0.4, -0.2) is 30.2 Å². The van der Waals surface area contributed by atoms with Gasteiger partial charge in [0.1, 0.15) is 5.92 Å². The lowest BCUT2D eigenvalue weighted by molar-refractivity contribution is -0.396. The molecule has 2 atom stereocenters. The van der Waals surface area contributed by atoms with E-state index in [-0.39, 0.29) is 0 Å². The van der Waals surface area contributed by atoms with Gasteiger partial charge in [-0.1, -0.05) is 30.3 Å². The average Bonchev–Trinajstić information content (AvgIpc) is 2.42. The van der Waals surface area contributed by atoms with Gasteiger partial charge < -0.3 is 13.9 Å². The Morgan fingerprint density at radius 1 is 0.852 bits per heavy atom. The normalized spacial score (nSPS) is 16.5. The Hall–Kier alpha value is -1.10. The molecular formula is C14H13F9O3P-. The summed E-state index contributed by atoms with van der Waals surface area (Å²) in [5, 5.41) is 0. The van der Waals surface area contributed by atoms with Crippen molar-refractivity contribution in [2.24, 2.45) is 0 Å². The quantitative estimate of drug-likeness (QED) is 0.458. The maximum atomic E-state index is 13.5. The first-order chi connectivity index (χ1) is 12.0. The van der Waals surface area contributed by atoms with Crippen LogP contribution in [0.25, 0.3) is 0 Å². The standard InChI is InChI=1S/C14H13F9O3P/c1-8(2)25-27(24)26-11(13(18,19)20,14(21,22)23)10(12(15,16)17)9-6-4-3-5-7-9/h3-8,10H,1-2H3/q-1. The van der Waals surface area contributed by atoms with Crippen LogP contribution in [0.4, 0.5) is 39.5 Å². The van der Waals surface area contributed by atoms with Gasteiger partial charge in [-0.2, -0.15) is 39.5 Å². The molecule has 0 heterocycles. The van der Waals surface area contributed by atoms with E-state index in [9.17, 15) is 44.4 Å². The van der Waals surface area contributed by atoms with Crippen LogP contribution in [-0.2, 0) is 9.05 Å². The van der Waals surface area contributed by atoms with E-state index in [2.05, 4.69) is 9.05 Å². The van der Waals surface area contributed by atoms with Crippen LogP contribution in [0.2, 0.25) is 0 Å². The van der Waals surface area contributed by atoms with Gasteiger partial charge in [-0.3, -0.25) is 0 Å². The molecular weight excluding hydrogens is 418 g/mol. The van der Waals surface area contributed by atoms with Crippen molar-refractivity contribution in [2.45, 2.75) is 50.0 Å². The van der Waals surface area contributed by atoms with Crippen molar-refractivity contribution < 1.29 is 53.5 Å². The van der Waals surface area contributed by atoms with Crippen LogP contribution < -0.4 is 4.89 Å². The molecule has 13 heteroatoms. The molecule has 0 bridgehead atoms. The summed E-state index contributed by atoms with van der Waals surface area (Å²) in [7, 11) is -4.20. The Morgan fingerprint density at radius 2 is 1.30 bits per heavy atom. The zero-order valence-electron chi connectivity index (χ0n) is 13.6. The number of alkyl halides is 9. The molecule has 0 aromatic heterocycles. The van der Waals surface area contributed by atoms with Crippen LogP contribution in [0.5, 0.6) is 0 Å². The summed E-state index contributed by atoms with van der Waals surface area (Å²) in [6, 6.07) is 3.63. The van der Waals surface area contributed by atoms with E-state index in [1.165, 1.54) is 0 Å². The summed E-state index contributed by atoms with van der Waals surface area (Å²) >= 11 is 0. The summed E-state index contributed by atoms with van der Waals surface area (Å²) in [6.07, 6.45) is -20.5. The third-order valence-corrected chi connectivity index (χ3v) is 4.26. The molecule has 0 fully saturated rings. The minimum Gasteiger partial charge on any atom is -0.786 e. The van der Waals surface area contributed by atoms with Gasteiger partial charge >= 0.3 is 18.5 Å². The SMILES string of the molecule is CC(C)OP([O-])OC(C(c1ccccc1)C(F)(F)F)(C(F)(F)F)C(F)(F)F. The van der Waals surface area contributed by atoms with Gasteiger partial charge in [0, 0.05) is 0 Å². The third-order valence-electron chi connectivity index (χ3n) is 3.22. The second-order valence-corrected chi connectivity index (χ2v) is 6.43. The number of rotatable bonds is 6. The predicted molar refractivity (Wildman–Crippen MR) is 74.3 cm³/mol. The number of benzene rings is 1. The van der Waals surface area contributed by atoms with Crippen LogP contribution in [0, 0.1) is 0 Å². The van der Waals surface area contributed by atoms with Crippen LogP contribution >= 0.6 is 8.60 Å². The zero-order chi connectivity index (χ0) is 21.3.